The number of thiophene rings is 1. The van der Waals surface area contributed by atoms with Crippen LogP contribution in [0.15, 0.2) is 16.3 Å². The van der Waals surface area contributed by atoms with Gasteiger partial charge in [0.25, 0.3) is 0 Å². The molecule has 0 spiro atoms. The Morgan fingerprint density at radius 2 is 2.00 bits per heavy atom. The van der Waals surface area contributed by atoms with Gasteiger partial charge in [0, 0.05) is 14.1 Å². The monoisotopic (exact) mass is 306 g/mol. The average molecular weight is 306 g/mol. The Kier molecular flexibility index (Phi) is 4.66. The highest BCUT2D eigenvalue weighted by molar-refractivity contribution is 7.89. The molecular formula is C10H14N2O5S2. The second-order valence-corrected chi connectivity index (χ2v) is 6.59. The first-order valence-corrected chi connectivity index (χ1v) is 7.57. The quantitative estimate of drug-likeness (QED) is 0.809. The fourth-order valence-corrected chi connectivity index (χ4v) is 3.86. The van der Waals surface area contributed by atoms with E-state index in [2.05, 4.69) is 4.72 Å². The first kappa shape index (κ1) is 15.6. The fraction of sp³-hybridized carbons (Fsp3) is 0.400. The first-order valence-electron chi connectivity index (χ1n) is 5.21. The molecule has 1 heterocycles. The molecule has 0 aliphatic heterocycles. The van der Waals surface area contributed by atoms with Crippen molar-refractivity contribution < 1.29 is 23.1 Å². The molecule has 0 radical (unpaired) electrons. The topological polar surface area (TPSA) is 104 Å². The number of aromatic carboxylic acids is 1. The van der Waals surface area contributed by atoms with Crippen molar-refractivity contribution in [1.29, 1.82) is 0 Å². The lowest BCUT2D eigenvalue weighted by Gasteiger charge is -2.17. The summed E-state index contributed by atoms with van der Waals surface area (Å²) in [4.78, 5) is 23.1. The highest BCUT2D eigenvalue weighted by atomic mass is 32.2. The van der Waals surface area contributed by atoms with Crippen LogP contribution in [-0.2, 0) is 14.8 Å². The Balaban J connectivity index is 3.03. The van der Waals surface area contributed by atoms with E-state index < -0.39 is 27.9 Å². The SMILES string of the molecule is CC(NS(=O)(=O)c1ccsc1C(=O)O)C(=O)N(C)C. The van der Waals surface area contributed by atoms with Crippen LogP contribution in [-0.4, -0.2) is 50.4 Å². The number of sulfonamides is 1. The number of likely N-dealkylation sites (N-methyl/N-ethyl adjacent to an activating group) is 1. The summed E-state index contributed by atoms with van der Waals surface area (Å²) < 4.78 is 26.2. The molecule has 7 nitrogen and oxygen atoms in total. The zero-order valence-electron chi connectivity index (χ0n) is 10.6. The number of carbonyl (C=O) groups excluding carboxylic acids is 1. The van der Waals surface area contributed by atoms with Crippen molar-refractivity contribution in [1.82, 2.24) is 9.62 Å². The summed E-state index contributed by atoms with van der Waals surface area (Å²) >= 11 is 0.812. The van der Waals surface area contributed by atoms with Gasteiger partial charge in [-0.1, -0.05) is 0 Å². The maximum absolute atomic E-state index is 12.0. The molecule has 0 bridgehead atoms. The molecule has 9 heteroatoms. The van der Waals surface area contributed by atoms with Crippen molar-refractivity contribution in [3.63, 3.8) is 0 Å². The molecule has 1 amide bonds. The molecule has 1 rings (SSSR count). The van der Waals surface area contributed by atoms with E-state index in [4.69, 9.17) is 5.11 Å². The van der Waals surface area contributed by atoms with Crippen molar-refractivity contribution in [2.45, 2.75) is 17.9 Å². The van der Waals surface area contributed by atoms with Gasteiger partial charge in [-0.2, -0.15) is 4.72 Å². The summed E-state index contributed by atoms with van der Waals surface area (Å²) in [6.07, 6.45) is 0. The summed E-state index contributed by atoms with van der Waals surface area (Å²) in [5.41, 5.74) is 0. The third kappa shape index (κ3) is 3.52. The van der Waals surface area contributed by atoms with Crippen LogP contribution < -0.4 is 4.72 Å². The molecule has 0 saturated carbocycles. The second kappa shape index (κ2) is 5.68. The van der Waals surface area contributed by atoms with E-state index in [0.29, 0.717) is 0 Å². The van der Waals surface area contributed by atoms with Crippen LogP contribution in [0.4, 0.5) is 0 Å². The van der Waals surface area contributed by atoms with E-state index in [-0.39, 0.29) is 9.77 Å². The van der Waals surface area contributed by atoms with Gasteiger partial charge in [0.05, 0.1) is 6.04 Å². The molecule has 0 fully saturated rings. The smallest absolute Gasteiger partial charge is 0.347 e. The minimum Gasteiger partial charge on any atom is -0.477 e. The van der Waals surface area contributed by atoms with Crippen LogP contribution in [0.2, 0.25) is 0 Å². The molecule has 2 N–H and O–H groups in total. The van der Waals surface area contributed by atoms with Crippen molar-refractivity contribution in [3.8, 4) is 0 Å². The molecule has 1 unspecified atom stereocenters. The number of amides is 1. The Bertz CT molecular complexity index is 591. The van der Waals surface area contributed by atoms with Gasteiger partial charge >= 0.3 is 5.97 Å². The fourth-order valence-electron chi connectivity index (χ4n) is 1.40. The second-order valence-electron chi connectivity index (χ2n) is 3.99. The van der Waals surface area contributed by atoms with E-state index >= 15 is 0 Å². The Morgan fingerprint density at radius 3 is 2.47 bits per heavy atom. The Labute approximate surface area is 114 Å². The molecule has 1 aromatic heterocycles. The Hall–Kier alpha value is -1.45. The predicted molar refractivity (Wildman–Crippen MR) is 69.8 cm³/mol. The largest absolute Gasteiger partial charge is 0.477 e. The number of rotatable bonds is 5. The van der Waals surface area contributed by atoms with Gasteiger partial charge in [-0.05, 0) is 18.4 Å². The van der Waals surface area contributed by atoms with Gasteiger partial charge in [0.1, 0.15) is 9.77 Å². The average Bonchev–Trinajstić information content (AvgIpc) is 2.76. The first-order chi connectivity index (χ1) is 8.66. The highest BCUT2D eigenvalue weighted by Crippen LogP contribution is 2.22. The van der Waals surface area contributed by atoms with E-state index in [1.807, 2.05) is 0 Å². The third-order valence-corrected chi connectivity index (χ3v) is 4.87. The number of nitrogens with one attached hydrogen (secondary N) is 1. The maximum Gasteiger partial charge on any atom is 0.347 e. The molecule has 1 aromatic rings. The molecule has 1 atom stereocenters. The molecule has 0 aliphatic carbocycles. The summed E-state index contributed by atoms with van der Waals surface area (Å²) in [5, 5.41) is 10.3. The maximum atomic E-state index is 12.0. The van der Waals surface area contributed by atoms with Crippen molar-refractivity contribution in [2.75, 3.05) is 14.1 Å². The minimum absolute atomic E-state index is 0.281. The molecule has 0 aromatic carbocycles. The number of carboxylic acids is 1. The molecule has 19 heavy (non-hydrogen) atoms. The van der Waals surface area contributed by atoms with Crippen LogP contribution in [0.5, 0.6) is 0 Å². The van der Waals surface area contributed by atoms with Crippen molar-refractivity contribution in [3.05, 3.63) is 16.3 Å². The van der Waals surface area contributed by atoms with Gasteiger partial charge in [-0.3, -0.25) is 4.79 Å². The Morgan fingerprint density at radius 1 is 1.42 bits per heavy atom. The zero-order valence-corrected chi connectivity index (χ0v) is 12.2. The molecular weight excluding hydrogens is 292 g/mol. The normalized spacial score (nSPS) is 13.0. The van der Waals surface area contributed by atoms with Gasteiger partial charge in [-0.15, -0.1) is 11.3 Å². The molecule has 106 valence electrons. The number of hydrogen-bond donors (Lipinski definition) is 2. The lowest BCUT2D eigenvalue weighted by Crippen LogP contribution is -2.44. The van der Waals surface area contributed by atoms with Crippen molar-refractivity contribution in [2.24, 2.45) is 0 Å². The lowest BCUT2D eigenvalue weighted by atomic mass is 10.3. The zero-order chi connectivity index (χ0) is 14.8. The number of hydrogen-bond acceptors (Lipinski definition) is 5. The van der Waals surface area contributed by atoms with Gasteiger partial charge in [0.15, 0.2) is 0 Å². The van der Waals surface area contributed by atoms with E-state index in [1.165, 1.54) is 37.4 Å². The summed E-state index contributed by atoms with van der Waals surface area (Å²) in [5.74, 6) is -1.74. The standard InChI is InChI=1S/C10H14N2O5S2/c1-6(9(13)12(2)3)11-19(16,17)7-4-5-18-8(7)10(14)15/h4-6,11H,1-3H3,(H,14,15). The van der Waals surface area contributed by atoms with Crippen molar-refractivity contribution >= 4 is 33.2 Å². The molecule has 0 aliphatic rings. The van der Waals surface area contributed by atoms with Crippen LogP contribution >= 0.6 is 11.3 Å². The van der Waals surface area contributed by atoms with Crippen LogP contribution in [0, 0.1) is 0 Å². The third-order valence-electron chi connectivity index (χ3n) is 2.26. The van der Waals surface area contributed by atoms with E-state index in [1.54, 1.807) is 0 Å². The highest BCUT2D eigenvalue weighted by Gasteiger charge is 2.27. The van der Waals surface area contributed by atoms with Crippen LogP contribution in [0.3, 0.4) is 0 Å². The number of carbonyl (C=O) groups is 2. The van der Waals surface area contributed by atoms with Gasteiger partial charge < -0.3 is 10.0 Å². The van der Waals surface area contributed by atoms with Crippen LogP contribution in [0.25, 0.3) is 0 Å². The molecule has 0 saturated heterocycles. The summed E-state index contributed by atoms with van der Waals surface area (Å²) in [6.45, 7) is 1.40. The van der Waals surface area contributed by atoms with Gasteiger partial charge in [-0.25, -0.2) is 13.2 Å². The van der Waals surface area contributed by atoms with E-state index in [9.17, 15) is 18.0 Å². The predicted octanol–water partition coefficient (Wildman–Crippen LogP) is 0.201. The number of nitrogens with zero attached hydrogens (tertiary/aromatic N) is 1. The van der Waals surface area contributed by atoms with Gasteiger partial charge in [0.2, 0.25) is 15.9 Å². The number of carboxylic acid groups (broad SMARTS) is 1. The lowest BCUT2D eigenvalue weighted by molar-refractivity contribution is -0.130. The van der Waals surface area contributed by atoms with E-state index in [0.717, 1.165) is 11.3 Å². The van der Waals surface area contributed by atoms with Crippen LogP contribution in [0.1, 0.15) is 16.6 Å². The summed E-state index contributed by atoms with van der Waals surface area (Å²) in [6, 6.07) is 0.227. The minimum atomic E-state index is -4.04. The summed E-state index contributed by atoms with van der Waals surface area (Å²) in [7, 11) is -1.04.